The molecule has 0 radical (unpaired) electrons. The molecule has 0 amide bonds. The minimum absolute atomic E-state index is 0.295. The number of pyridine rings is 2. The van der Waals surface area contributed by atoms with Gasteiger partial charge in [-0.25, -0.2) is 19.6 Å². The van der Waals surface area contributed by atoms with E-state index in [4.69, 9.17) is 4.98 Å². The van der Waals surface area contributed by atoms with E-state index in [-0.39, 0.29) is 0 Å². The van der Waals surface area contributed by atoms with E-state index < -0.39 is 17.3 Å². The highest BCUT2D eigenvalue weighted by Crippen LogP contribution is 2.31. The van der Waals surface area contributed by atoms with Crippen LogP contribution in [0.5, 0.6) is 0 Å². The van der Waals surface area contributed by atoms with E-state index in [1.807, 2.05) is 38.1 Å². The third-order valence-corrected chi connectivity index (χ3v) is 4.73. The fraction of sp³-hybridized carbons (Fsp3) is 0.190. The molecule has 0 aromatic carbocycles. The molecule has 0 aliphatic heterocycles. The third kappa shape index (κ3) is 3.78. The lowest BCUT2D eigenvalue weighted by molar-refractivity contribution is -0.141. The van der Waals surface area contributed by atoms with Crippen molar-refractivity contribution in [2.24, 2.45) is 0 Å². The minimum Gasteiger partial charge on any atom is -0.252 e. The maximum absolute atomic E-state index is 12.9. The Hall–Kier alpha value is -3.62. The van der Waals surface area contributed by atoms with E-state index in [1.165, 1.54) is 12.5 Å². The largest absolute Gasteiger partial charge is 0.435 e. The molecular weight excluding hydrogens is 393 g/mol. The summed E-state index contributed by atoms with van der Waals surface area (Å²) in [5, 5.41) is 3.60. The Morgan fingerprint density at radius 2 is 1.47 bits per heavy atom. The number of aromatic nitrogens is 6. The van der Waals surface area contributed by atoms with Gasteiger partial charge >= 0.3 is 6.18 Å². The Kier molecular flexibility index (Phi) is 4.81. The summed E-state index contributed by atoms with van der Waals surface area (Å²) in [4.78, 5) is 17.3. The molecule has 0 unspecified atom stereocenters. The first-order valence-electron chi connectivity index (χ1n) is 9.09. The highest BCUT2D eigenvalue weighted by atomic mass is 19.4. The molecule has 0 N–H and O–H groups in total. The second-order valence-corrected chi connectivity index (χ2v) is 7.18. The van der Waals surface area contributed by atoms with Gasteiger partial charge in [0.1, 0.15) is 6.33 Å². The lowest BCUT2D eigenvalue weighted by atomic mass is 9.84. The predicted octanol–water partition coefficient (Wildman–Crippen LogP) is 4.46. The van der Waals surface area contributed by atoms with Gasteiger partial charge in [-0.3, -0.25) is 4.98 Å². The topological polar surface area (TPSA) is 69.4 Å². The molecule has 0 atom stereocenters. The van der Waals surface area contributed by atoms with Crippen LogP contribution in [0.1, 0.15) is 30.9 Å². The Balaban J connectivity index is 1.70. The lowest BCUT2D eigenvalue weighted by Crippen LogP contribution is -2.23. The molecule has 0 bridgehead atoms. The summed E-state index contributed by atoms with van der Waals surface area (Å²) in [7, 11) is 0. The average Bonchev–Trinajstić information content (AvgIpc) is 3.26. The molecule has 4 rings (SSSR count). The molecule has 6 nitrogen and oxygen atoms in total. The van der Waals surface area contributed by atoms with Gasteiger partial charge in [-0.2, -0.15) is 18.3 Å². The van der Waals surface area contributed by atoms with Crippen LogP contribution in [0.2, 0.25) is 0 Å². The van der Waals surface area contributed by atoms with Crippen molar-refractivity contribution in [3.63, 3.8) is 0 Å². The Morgan fingerprint density at radius 1 is 0.800 bits per heavy atom. The van der Waals surface area contributed by atoms with Crippen LogP contribution in [-0.4, -0.2) is 29.7 Å². The SMILES string of the molecule is CC(C)(c1cccc(-c2cncnc2)n1)c1cccc(-n2ccc(C(F)(F)F)n2)n1. The molecular formula is C21H17F3N6. The molecule has 152 valence electrons. The summed E-state index contributed by atoms with van der Waals surface area (Å²) >= 11 is 0. The summed E-state index contributed by atoms with van der Waals surface area (Å²) < 4.78 is 39.7. The van der Waals surface area contributed by atoms with Gasteiger partial charge in [0.2, 0.25) is 0 Å². The summed E-state index contributed by atoms with van der Waals surface area (Å²) in [6.07, 6.45) is 1.55. The number of halogens is 3. The van der Waals surface area contributed by atoms with Crippen molar-refractivity contribution in [3.05, 3.63) is 84.5 Å². The van der Waals surface area contributed by atoms with Crippen LogP contribution >= 0.6 is 0 Å². The van der Waals surface area contributed by atoms with Crippen molar-refractivity contribution in [2.45, 2.75) is 25.4 Å². The van der Waals surface area contributed by atoms with Crippen LogP contribution in [0.3, 0.4) is 0 Å². The summed E-state index contributed by atoms with van der Waals surface area (Å²) in [6, 6.07) is 11.7. The first kappa shape index (κ1) is 19.7. The number of nitrogens with zero attached hydrogens (tertiary/aromatic N) is 6. The standard InChI is InChI=1S/C21H17F3N6/c1-20(2,16-6-3-5-15(27-16)14-11-25-13-26-12-14)17-7-4-8-19(28-17)30-10-9-18(29-30)21(22,23)24/h3-13H,1-2H3. The number of alkyl halides is 3. The van der Waals surface area contributed by atoms with Gasteiger partial charge in [-0.05, 0) is 44.2 Å². The molecule has 0 aliphatic rings. The van der Waals surface area contributed by atoms with Gasteiger partial charge in [0.05, 0.1) is 17.1 Å². The zero-order valence-corrected chi connectivity index (χ0v) is 16.2. The quantitative estimate of drug-likeness (QED) is 0.497. The Labute approximate surface area is 170 Å². The molecule has 4 aromatic heterocycles. The van der Waals surface area contributed by atoms with E-state index in [1.54, 1.807) is 24.5 Å². The van der Waals surface area contributed by atoms with Crippen LogP contribution in [0.25, 0.3) is 17.1 Å². The zero-order chi connectivity index (χ0) is 21.4. The minimum atomic E-state index is -4.51. The van der Waals surface area contributed by atoms with Gasteiger partial charge in [0, 0.05) is 29.6 Å². The van der Waals surface area contributed by atoms with Gasteiger partial charge in [0.15, 0.2) is 11.5 Å². The van der Waals surface area contributed by atoms with Crippen LogP contribution in [0.15, 0.2) is 67.4 Å². The normalized spacial score (nSPS) is 12.2. The van der Waals surface area contributed by atoms with Crippen molar-refractivity contribution in [1.29, 1.82) is 0 Å². The summed E-state index contributed by atoms with van der Waals surface area (Å²) in [6.45, 7) is 3.91. The van der Waals surface area contributed by atoms with Gasteiger partial charge < -0.3 is 0 Å². The van der Waals surface area contributed by atoms with Crippen molar-refractivity contribution < 1.29 is 13.2 Å². The fourth-order valence-electron chi connectivity index (χ4n) is 3.01. The number of hydrogen-bond acceptors (Lipinski definition) is 5. The molecule has 9 heteroatoms. The van der Waals surface area contributed by atoms with Crippen LogP contribution in [-0.2, 0) is 11.6 Å². The first-order chi connectivity index (χ1) is 14.2. The molecule has 4 aromatic rings. The average molecular weight is 410 g/mol. The zero-order valence-electron chi connectivity index (χ0n) is 16.2. The summed E-state index contributed by atoms with van der Waals surface area (Å²) in [5.74, 6) is 0.295. The monoisotopic (exact) mass is 410 g/mol. The maximum Gasteiger partial charge on any atom is 0.435 e. The number of hydrogen-bond donors (Lipinski definition) is 0. The van der Waals surface area contributed by atoms with E-state index in [0.29, 0.717) is 11.5 Å². The van der Waals surface area contributed by atoms with Crippen molar-refractivity contribution in [3.8, 4) is 17.1 Å². The fourth-order valence-corrected chi connectivity index (χ4v) is 3.01. The molecule has 0 saturated heterocycles. The van der Waals surface area contributed by atoms with Gasteiger partial charge in [-0.15, -0.1) is 0 Å². The van der Waals surface area contributed by atoms with E-state index in [0.717, 1.165) is 27.7 Å². The van der Waals surface area contributed by atoms with Crippen LogP contribution in [0, 0.1) is 0 Å². The second-order valence-electron chi connectivity index (χ2n) is 7.18. The Bertz CT molecular complexity index is 1170. The molecule has 0 spiro atoms. The smallest absolute Gasteiger partial charge is 0.252 e. The van der Waals surface area contributed by atoms with E-state index in [9.17, 15) is 13.2 Å². The Morgan fingerprint density at radius 3 is 2.13 bits per heavy atom. The van der Waals surface area contributed by atoms with Crippen molar-refractivity contribution in [1.82, 2.24) is 29.7 Å². The molecule has 0 saturated carbocycles. The van der Waals surface area contributed by atoms with Gasteiger partial charge in [-0.1, -0.05) is 12.1 Å². The molecule has 0 aliphatic carbocycles. The molecule has 30 heavy (non-hydrogen) atoms. The van der Waals surface area contributed by atoms with E-state index >= 15 is 0 Å². The third-order valence-electron chi connectivity index (χ3n) is 4.73. The van der Waals surface area contributed by atoms with Gasteiger partial charge in [0.25, 0.3) is 0 Å². The first-order valence-corrected chi connectivity index (χ1v) is 9.09. The van der Waals surface area contributed by atoms with Crippen molar-refractivity contribution in [2.75, 3.05) is 0 Å². The number of rotatable bonds is 4. The summed E-state index contributed by atoms with van der Waals surface area (Å²) in [5.41, 5.74) is 1.34. The predicted molar refractivity (Wildman–Crippen MR) is 104 cm³/mol. The van der Waals surface area contributed by atoms with Crippen LogP contribution in [0.4, 0.5) is 13.2 Å². The second kappa shape index (κ2) is 7.33. The van der Waals surface area contributed by atoms with Crippen LogP contribution < -0.4 is 0 Å². The lowest BCUT2D eigenvalue weighted by Gasteiger charge is -2.24. The highest BCUT2D eigenvalue weighted by molar-refractivity contribution is 5.57. The van der Waals surface area contributed by atoms with E-state index in [2.05, 4.69) is 20.1 Å². The maximum atomic E-state index is 12.9. The molecule has 4 heterocycles. The molecule has 0 fully saturated rings. The van der Waals surface area contributed by atoms with Crippen molar-refractivity contribution >= 4 is 0 Å². The highest BCUT2D eigenvalue weighted by Gasteiger charge is 2.34.